The molecule has 4 rings (SSSR count). The van der Waals surface area contributed by atoms with Crippen LogP contribution < -0.4 is 5.32 Å². The molecule has 1 atom stereocenters. The Hall–Kier alpha value is -3.26. The number of carbonyl (C=O) groups is 1. The number of rotatable bonds is 7. The summed E-state index contributed by atoms with van der Waals surface area (Å²) in [5.41, 5.74) is 0.901. The molecule has 1 fully saturated rings. The second-order valence-corrected chi connectivity index (χ2v) is 10.0. The molecule has 1 aliphatic heterocycles. The van der Waals surface area contributed by atoms with Crippen molar-refractivity contribution in [2.75, 3.05) is 18.4 Å². The standard InChI is InChI=1S/C21H19F3N6O3S2/c22-21(23,24)19-25-8-13(9-26-19)12-34-17-10-27-20(35-17)28-15-2-1-7-29(11-15)18(31)14-3-5-16(6-4-14)30(32)33/h3-6,8-10,15H,1-2,7,11-12H2,(H,27,28)/t15-/m1/s1. The molecule has 1 aromatic carbocycles. The average molecular weight is 525 g/mol. The van der Waals surface area contributed by atoms with Gasteiger partial charge < -0.3 is 10.2 Å². The minimum Gasteiger partial charge on any atom is -0.357 e. The van der Waals surface area contributed by atoms with Crippen molar-refractivity contribution in [2.24, 2.45) is 0 Å². The number of benzene rings is 1. The number of alkyl halides is 3. The molecule has 9 nitrogen and oxygen atoms in total. The second-order valence-electron chi connectivity index (χ2n) is 7.72. The van der Waals surface area contributed by atoms with E-state index in [1.807, 2.05) is 0 Å². The third-order valence-electron chi connectivity index (χ3n) is 5.19. The Bertz CT molecular complexity index is 1190. The SMILES string of the molecule is O=C(c1ccc([N+](=O)[O-])cc1)N1CCC[C@@H](Nc2ncc(SCc3cnc(C(F)(F)F)nc3)s2)C1. The maximum Gasteiger partial charge on any atom is 0.451 e. The molecule has 0 unspecified atom stereocenters. The van der Waals surface area contributed by atoms with Crippen molar-refractivity contribution in [3.05, 3.63) is 69.9 Å². The number of hydrogen-bond acceptors (Lipinski definition) is 9. The monoisotopic (exact) mass is 524 g/mol. The van der Waals surface area contributed by atoms with Crippen LogP contribution in [0.3, 0.4) is 0 Å². The molecule has 0 bridgehead atoms. The minimum atomic E-state index is -4.56. The molecule has 2 aromatic heterocycles. The summed E-state index contributed by atoms with van der Waals surface area (Å²) in [5.74, 6) is -0.939. The first-order valence-electron chi connectivity index (χ1n) is 10.5. The van der Waals surface area contributed by atoms with Gasteiger partial charge in [-0.3, -0.25) is 14.9 Å². The number of nitro groups is 1. The lowest BCUT2D eigenvalue weighted by atomic mass is 10.0. The van der Waals surface area contributed by atoms with Crippen molar-refractivity contribution < 1.29 is 22.9 Å². The largest absolute Gasteiger partial charge is 0.451 e. The maximum absolute atomic E-state index is 12.8. The molecule has 0 spiro atoms. The highest BCUT2D eigenvalue weighted by Gasteiger charge is 2.34. The van der Waals surface area contributed by atoms with E-state index >= 15 is 0 Å². The van der Waals surface area contributed by atoms with Gasteiger partial charge in [-0.15, -0.1) is 11.8 Å². The number of carbonyl (C=O) groups excluding carboxylic acids is 1. The molecule has 1 aliphatic rings. The molecule has 1 saturated heterocycles. The summed E-state index contributed by atoms with van der Waals surface area (Å²) < 4.78 is 38.6. The lowest BCUT2D eigenvalue weighted by molar-refractivity contribution is -0.384. The normalized spacial score (nSPS) is 16.2. The number of piperidine rings is 1. The molecule has 3 heterocycles. The van der Waals surface area contributed by atoms with Crippen LogP contribution in [-0.4, -0.2) is 49.8 Å². The predicted molar refractivity (Wildman–Crippen MR) is 124 cm³/mol. The van der Waals surface area contributed by atoms with Crippen molar-refractivity contribution in [1.29, 1.82) is 0 Å². The molecule has 1 N–H and O–H groups in total. The van der Waals surface area contributed by atoms with E-state index in [0.29, 0.717) is 35.1 Å². The number of thioether (sulfide) groups is 1. The Labute approximate surface area is 206 Å². The fourth-order valence-electron chi connectivity index (χ4n) is 3.49. The minimum absolute atomic E-state index is 0.00180. The number of non-ortho nitro benzene ring substituents is 1. The van der Waals surface area contributed by atoms with Gasteiger partial charge in [-0.2, -0.15) is 13.2 Å². The lowest BCUT2D eigenvalue weighted by Crippen LogP contribution is -2.45. The van der Waals surface area contributed by atoms with E-state index in [1.54, 1.807) is 11.1 Å². The molecule has 184 valence electrons. The maximum atomic E-state index is 12.8. The van der Waals surface area contributed by atoms with Crippen molar-refractivity contribution in [3.63, 3.8) is 0 Å². The van der Waals surface area contributed by atoms with Crippen LogP contribution in [0.1, 0.15) is 34.6 Å². The van der Waals surface area contributed by atoms with Crippen LogP contribution in [0.15, 0.2) is 47.1 Å². The van der Waals surface area contributed by atoms with Gasteiger partial charge >= 0.3 is 6.18 Å². The second kappa shape index (κ2) is 10.6. The Morgan fingerprint density at radius 1 is 1.20 bits per heavy atom. The molecule has 0 radical (unpaired) electrons. The molecular formula is C21H19F3N6O3S2. The van der Waals surface area contributed by atoms with Crippen LogP contribution in [0, 0.1) is 10.1 Å². The Morgan fingerprint density at radius 2 is 1.91 bits per heavy atom. The number of nitrogens with zero attached hydrogens (tertiary/aromatic N) is 5. The van der Waals surface area contributed by atoms with Gasteiger partial charge in [0.2, 0.25) is 5.82 Å². The van der Waals surface area contributed by atoms with E-state index in [4.69, 9.17) is 0 Å². The van der Waals surface area contributed by atoms with Gasteiger partial charge in [-0.05, 0) is 30.5 Å². The van der Waals surface area contributed by atoms with Crippen molar-refractivity contribution >= 4 is 39.8 Å². The van der Waals surface area contributed by atoms with Gasteiger partial charge in [0.05, 0.1) is 15.3 Å². The number of amides is 1. The van der Waals surface area contributed by atoms with E-state index in [9.17, 15) is 28.1 Å². The molecule has 35 heavy (non-hydrogen) atoms. The number of halogens is 3. The van der Waals surface area contributed by atoms with Crippen molar-refractivity contribution in [2.45, 2.75) is 35.0 Å². The quantitative estimate of drug-likeness (QED) is 0.265. The topological polar surface area (TPSA) is 114 Å². The molecule has 3 aromatic rings. The summed E-state index contributed by atoms with van der Waals surface area (Å²) in [6.07, 6.45) is 1.12. The smallest absolute Gasteiger partial charge is 0.357 e. The van der Waals surface area contributed by atoms with Crippen LogP contribution in [0.2, 0.25) is 0 Å². The van der Waals surface area contributed by atoms with Gasteiger partial charge in [0.15, 0.2) is 5.13 Å². The summed E-state index contributed by atoms with van der Waals surface area (Å²) in [7, 11) is 0. The van der Waals surface area contributed by atoms with Crippen molar-refractivity contribution in [1.82, 2.24) is 19.9 Å². The Kier molecular flexibility index (Phi) is 7.50. The van der Waals surface area contributed by atoms with Gasteiger partial charge in [0, 0.05) is 55.0 Å². The number of anilines is 1. The number of thiazole rings is 1. The predicted octanol–water partition coefficient (Wildman–Crippen LogP) is 4.87. The van der Waals surface area contributed by atoms with Gasteiger partial charge in [-0.1, -0.05) is 11.3 Å². The van der Waals surface area contributed by atoms with Crippen LogP contribution in [0.5, 0.6) is 0 Å². The number of likely N-dealkylation sites (tertiary alicyclic amines) is 1. The fraction of sp³-hybridized carbons (Fsp3) is 0.333. The highest BCUT2D eigenvalue weighted by molar-refractivity contribution is 8.00. The third kappa shape index (κ3) is 6.45. The zero-order valence-corrected chi connectivity index (χ0v) is 19.7. The summed E-state index contributed by atoms with van der Waals surface area (Å²) in [6.45, 7) is 1.07. The lowest BCUT2D eigenvalue weighted by Gasteiger charge is -2.33. The van der Waals surface area contributed by atoms with Crippen LogP contribution in [0.4, 0.5) is 24.0 Å². The van der Waals surface area contributed by atoms with Crippen molar-refractivity contribution in [3.8, 4) is 0 Å². The zero-order valence-electron chi connectivity index (χ0n) is 18.1. The first-order valence-corrected chi connectivity index (χ1v) is 12.3. The Morgan fingerprint density at radius 3 is 2.57 bits per heavy atom. The Balaban J connectivity index is 1.30. The zero-order chi connectivity index (χ0) is 25.0. The van der Waals surface area contributed by atoms with Crippen LogP contribution >= 0.6 is 23.1 Å². The highest BCUT2D eigenvalue weighted by Crippen LogP contribution is 2.32. The molecule has 0 aliphatic carbocycles. The third-order valence-corrected chi connectivity index (χ3v) is 7.38. The van der Waals surface area contributed by atoms with Crippen LogP contribution in [-0.2, 0) is 11.9 Å². The first-order chi connectivity index (χ1) is 16.7. The van der Waals surface area contributed by atoms with E-state index in [1.165, 1.54) is 59.8 Å². The fourth-order valence-corrected chi connectivity index (χ4v) is 5.35. The molecular weight excluding hydrogens is 505 g/mol. The van der Waals surface area contributed by atoms with E-state index in [0.717, 1.165) is 17.1 Å². The van der Waals surface area contributed by atoms with Crippen LogP contribution in [0.25, 0.3) is 0 Å². The van der Waals surface area contributed by atoms with Gasteiger partial charge in [0.25, 0.3) is 11.6 Å². The average Bonchev–Trinajstić information content (AvgIpc) is 3.29. The number of aromatic nitrogens is 3. The summed E-state index contributed by atoms with van der Waals surface area (Å²) >= 11 is 2.83. The molecule has 1 amide bonds. The van der Waals surface area contributed by atoms with E-state index < -0.39 is 16.9 Å². The molecule has 14 heteroatoms. The van der Waals surface area contributed by atoms with Gasteiger partial charge in [-0.25, -0.2) is 15.0 Å². The number of nitrogens with one attached hydrogen (secondary N) is 1. The van der Waals surface area contributed by atoms with Gasteiger partial charge in [0.1, 0.15) is 0 Å². The summed E-state index contributed by atoms with van der Waals surface area (Å²) in [5, 5.41) is 14.8. The summed E-state index contributed by atoms with van der Waals surface area (Å²) in [6, 6.07) is 5.56. The number of nitro benzene ring substituents is 1. The molecule has 0 saturated carbocycles. The first kappa shape index (κ1) is 24.9. The number of hydrogen-bond donors (Lipinski definition) is 1. The van der Waals surface area contributed by atoms with E-state index in [2.05, 4.69) is 20.3 Å². The van der Waals surface area contributed by atoms with E-state index in [-0.39, 0.29) is 17.6 Å². The highest BCUT2D eigenvalue weighted by atomic mass is 32.2. The summed E-state index contributed by atoms with van der Waals surface area (Å²) in [4.78, 5) is 35.9.